The second kappa shape index (κ2) is 3.81. The molecule has 0 saturated carbocycles. The Morgan fingerprint density at radius 3 is 2.53 bits per heavy atom. The third-order valence-corrected chi connectivity index (χ3v) is 3.30. The molecule has 0 atom stereocenters. The van der Waals surface area contributed by atoms with Crippen LogP contribution in [-0.4, -0.2) is 11.7 Å². The van der Waals surface area contributed by atoms with Crippen LogP contribution in [0, 0.1) is 0 Å². The van der Waals surface area contributed by atoms with E-state index in [-0.39, 0.29) is 0 Å². The second-order valence-corrected chi connectivity index (χ2v) is 4.12. The van der Waals surface area contributed by atoms with Crippen molar-refractivity contribution in [3.05, 3.63) is 42.5 Å². The first kappa shape index (κ1) is 10.2. The molecule has 3 rings (SSSR count). The van der Waals surface area contributed by atoms with Crippen LogP contribution in [0.15, 0.2) is 42.5 Å². The van der Waals surface area contributed by atoms with Gasteiger partial charge in [-0.15, -0.1) is 0 Å². The number of aryl methyl sites for hydroxylation is 1. The molecule has 2 aromatic carbocycles. The Bertz CT molecular complexity index is 682. The molecular weight excluding hydrogens is 210 g/mol. The van der Waals surface area contributed by atoms with Crippen molar-refractivity contribution >= 4 is 21.8 Å². The highest BCUT2D eigenvalue weighted by Crippen LogP contribution is 2.35. The molecule has 0 radical (unpaired) electrons. The number of methoxy groups -OCH3 is 1. The molecule has 2 heteroatoms. The highest BCUT2D eigenvalue weighted by molar-refractivity contribution is 6.11. The lowest BCUT2D eigenvalue weighted by Crippen LogP contribution is -1.92. The summed E-state index contributed by atoms with van der Waals surface area (Å²) in [6.45, 7) is 3.14. The smallest absolute Gasteiger partial charge is 0.128 e. The number of fused-ring (bicyclic) bond motifs is 3. The molecule has 0 fully saturated rings. The summed E-state index contributed by atoms with van der Waals surface area (Å²) in [5, 5.41) is 2.48. The number of hydrogen-bond donors (Lipinski definition) is 0. The van der Waals surface area contributed by atoms with Crippen molar-refractivity contribution in [3.8, 4) is 5.75 Å². The Labute approximate surface area is 100 Å². The minimum Gasteiger partial charge on any atom is -0.496 e. The van der Waals surface area contributed by atoms with Crippen LogP contribution in [0.25, 0.3) is 21.8 Å². The molecule has 0 saturated heterocycles. The van der Waals surface area contributed by atoms with Gasteiger partial charge in [0.1, 0.15) is 5.75 Å². The van der Waals surface area contributed by atoms with Gasteiger partial charge in [0.25, 0.3) is 0 Å². The lowest BCUT2D eigenvalue weighted by Gasteiger charge is -2.04. The van der Waals surface area contributed by atoms with Gasteiger partial charge in [0.05, 0.1) is 12.6 Å². The first-order valence-electron chi connectivity index (χ1n) is 5.90. The van der Waals surface area contributed by atoms with E-state index in [0.29, 0.717) is 0 Å². The maximum Gasteiger partial charge on any atom is 0.128 e. The average molecular weight is 225 g/mol. The standard InChI is InChI=1S/C15H15NO/c1-3-16-12-8-5-4-7-11(12)15-13(16)9-6-10-14(15)17-2/h4-10H,3H2,1-2H3. The molecule has 0 aliphatic carbocycles. The second-order valence-electron chi connectivity index (χ2n) is 4.12. The average Bonchev–Trinajstić information content (AvgIpc) is 2.72. The zero-order valence-electron chi connectivity index (χ0n) is 10.1. The van der Waals surface area contributed by atoms with Crippen molar-refractivity contribution in [2.75, 3.05) is 7.11 Å². The first-order chi connectivity index (χ1) is 8.36. The molecule has 17 heavy (non-hydrogen) atoms. The highest BCUT2D eigenvalue weighted by atomic mass is 16.5. The summed E-state index contributed by atoms with van der Waals surface area (Å²) in [4.78, 5) is 0. The Hall–Kier alpha value is -1.96. The Morgan fingerprint density at radius 1 is 1.00 bits per heavy atom. The van der Waals surface area contributed by atoms with Gasteiger partial charge in [-0.2, -0.15) is 0 Å². The van der Waals surface area contributed by atoms with Gasteiger partial charge in [0.2, 0.25) is 0 Å². The monoisotopic (exact) mass is 225 g/mol. The van der Waals surface area contributed by atoms with Crippen molar-refractivity contribution in [2.24, 2.45) is 0 Å². The molecule has 1 aromatic heterocycles. The zero-order valence-corrected chi connectivity index (χ0v) is 10.1. The highest BCUT2D eigenvalue weighted by Gasteiger charge is 2.12. The largest absolute Gasteiger partial charge is 0.496 e. The van der Waals surface area contributed by atoms with Gasteiger partial charge in [-0.25, -0.2) is 0 Å². The predicted molar refractivity (Wildman–Crippen MR) is 71.7 cm³/mol. The third-order valence-electron chi connectivity index (χ3n) is 3.30. The molecule has 0 spiro atoms. The topological polar surface area (TPSA) is 14.2 Å². The van der Waals surface area contributed by atoms with Gasteiger partial charge in [0.15, 0.2) is 0 Å². The number of nitrogens with zero attached hydrogens (tertiary/aromatic N) is 1. The summed E-state index contributed by atoms with van der Waals surface area (Å²) in [7, 11) is 1.73. The maximum absolute atomic E-state index is 5.48. The van der Waals surface area contributed by atoms with E-state index >= 15 is 0 Å². The van der Waals surface area contributed by atoms with Gasteiger partial charge in [-0.1, -0.05) is 24.3 Å². The molecule has 1 heterocycles. The molecule has 86 valence electrons. The number of benzene rings is 2. The zero-order chi connectivity index (χ0) is 11.8. The van der Waals surface area contributed by atoms with Crippen molar-refractivity contribution < 1.29 is 4.74 Å². The van der Waals surface area contributed by atoms with E-state index in [1.54, 1.807) is 7.11 Å². The summed E-state index contributed by atoms with van der Waals surface area (Å²) in [6.07, 6.45) is 0. The number of rotatable bonds is 2. The Balaban J connectivity index is 2.59. The van der Waals surface area contributed by atoms with Crippen molar-refractivity contribution in [3.63, 3.8) is 0 Å². The molecule has 0 bridgehead atoms. The Morgan fingerprint density at radius 2 is 1.76 bits per heavy atom. The summed E-state index contributed by atoms with van der Waals surface area (Å²) in [5.41, 5.74) is 2.52. The van der Waals surface area contributed by atoms with Crippen LogP contribution in [0.2, 0.25) is 0 Å². The van der Waals surface area contributed by atoms with Gasteiger partial charge >= 0.3 is 0 Å². The molecular formula is C15H15NO. The molecule has 0 aliphatic rings. The minimum absolute atomic E-state index is 0.950. The molecule has 2 nitrogen and oxygen atoms in total. The number of para-hydroxylation sites is 1. The van der Waals surface area contributed by atoms with E-state index in [1.165, 1.54) is 21.8 Å². The minimum atomic E-state index is 0.950. The summed E-state index contributed by atoms with van der Waals surface area (Å²) in [5.74, 6) is 0.950. The van der Waals surface area contributed by atoms with E-state index < -0.39 is 0 Å². The predicted octanol–water partition coefficient (Wildman–Crippen LogP) is 3.82. The Kier molecular flexibility index (Phi) is 2.29. The van der Waals surface area contributed by atoms with Crippen LogP contribution in [0.3, 0.4) is 0 Å². The quantitative estimate of drug-likeness (QED) is 0.646. The lowest BCUT2D eigenvalue weighted by atomic mass is 10.1. The summed E-state index contributed by atoms with van der Waals surface area (Å²) >= 11 is 0. The lowest BCUT2D eigenvalue weighted by molar-refractivity contribution is 0.420. The van der Waals surface area contributed by atoms with Gasteiger partial charge in [-0.3, -0.25) is 0 Å². The fourth-order valence-electron chi connectivity index (χ4n) is 2.58. The van der Waals surface area contributed by atoms with Gasteiger partial charge in [0, 0.05) is 22.8 Å². The van der Waals surface area contributed by atoms with Crippen molar-refractivity contribution in [1.82, 2.24) is 4.57 Å². The van der Waals surface area contributed by atoms with E-state index in [9.17, 15) is 0 Å². The fourth-order valence-corrected chi connectivity index (χ4v) is 2.58. The van der Waals surface area contributed by atoms with Crippen LogP contribution in [0.4, 0.5) is 0 Å². The van der Waals surface area contributed by atoms with E-state index in [2.05, 4.69) is 41.8 Å². The van der Waals surface area contributed by atoms with Crippen molar-refractivity contribution in [2.45, 2.75) is 13.5 Å². The van der Waals surface area contributed by atoms with Crippen LogP contribution in [0.5, 0.6) is 5.75 Å². The van der Waals surface area contributed by atoms with Crippen molar-refractivity contribution in [1.29, 1.82) is 0 Å². The van der Waals surface area contributed by atoms with Gasteiger partial charge in [-0.05, 0) is 25.1 Å². The molecule has 0 N–H and O–H groups in total. The van der Waals surface area contributed by atoms with Crippen LogP contribution >= 0.6 is 0 Å². The maximum atomic E-state index is 5.48. The molecule has 0 unspecified atom stereocenters. The van der Waals surface area contributed by atoms with E-state index in [4.69, 9.17) is 4.74 Å². The molecule has 0 aliphatic heterocycles. The third kappa shape index (κ3) is 1.34. The SMILES string of the molecule is CCn1c2ccccc2c2c(OC)cccc21. The number of hydrogen-bond acceptors (Lipinski definition) is 1. The normalized spacial score (nSPS) is 11.2. The molecule has 3 aromatic rings. The van der Waals surface area contributed by atoms with Crippen LogP contribution in [0.1, 0.15) is 6.92 Å². The fraction of sp³-hybridized carbons (Fsp3) is 0.200. The first-order valence-corrected chi connectivity index (χ1v) is 5.90. The number of ether oxygens (including phenoxy) is 1. The van der Waals surface area contributed by atoms with Crippen LogP contribution < -0.4 is 4.74 Å². The summed E-state index contributed by atoms with van der Waals surface area (Å²) in [6, 6.07) is 14.7. The van der Waals surface area contributed by atoms with E-state index in [0.717, 1.165) is 12.3 Å². The summed E-state index contributed by atoms with van der Waals surface area (Å²) < 4.78 is 7.81. The number of aromatic nitrogens is 1. The van der Waals surface area contributed by atoms with Crippen LogP contribution in [-0.2, 0) is 6.54 Å². The van der Waals surface area contributed by atoms with Gasteiger partial charge < -0.3 is 9.30 Å². The van der Waals surface area contributed by atoms with E-state index in [1.807, 2.05) is 12.1 Å². The molecule has 0 amide bonds.